The fourth-order valence-corrected chi connectivity index (χ4v) is 2.95. The van der Waals surface area contributed by atoms with E-state index >= 15 is 0 Å². The van der Waals surface area contributed by atoms with E-state index in [4.69, 9.17) is 0 Å². The van der Waals surface area contributed by atoms with Gasteiger partial charge in [0.15, 0.2) is 0 Å². The van der Waals surface area contributed by atoms with E-state index in [1.54, 1.807) is 0 Å². The normalized spacial score (nSPS) is 12.5. The molecular formula is C19H38. The molecule has 0 aromatic carbocycles. The Morgan fingerprint density at radius 1 is 0.684 bits per heavy atom. The second-order valence-electron chi connectivity index (χ2n) is 6.14. The lowest BCUT2D eigenvalue weighted by Crippen LogP contribution is -2.00. The Morgan fingerprint density at radius 3 is 1.84 bits per heavy atom. The van der Waals surface area contributed by atoms with E-state index in [0.717, 1.165) is 5.92 Å². The van der Waals surface area contributed by atoms with Crippen LogP contribution in [0.25, 0.3) is 0 Å². The Balaban J connectivity index is 3.47. The molecule has 0 rings (SSSR count). The van der Waals surface area contributed by atoms with E-state index in [-0.39, 0.29) is 0 Å². The molecular weight excluding hydrogens is 228 g/mol. The molecule has 0 saturated carbocycles. The van der Waals surface area contributed by atoms with Crippen LogP contribution in [0, 0.1) is 5.92 Å². The van der Waals surface area contributed by atoms with Gasteiger partial charge in [-0.1, -0.05) is 97.0 Å². The van der Waals surface area contributed by atoms with Crippen molar-refractivity contribution >= 4 is 0 Å². The summed E-state index contributed by atoms with van der Waals surface area (Å²) in [5.74, 6) is 1.01. The van der Waals surface area contributed by atoms with Crippen LogP contribution in [-0.2, 0) is 0 Å². The van der Waals surface area contributed by atoms with Crippen molar-refractivity contribution in [1.82, 2.24) is 0 Å². The van der Waals surface area contributed by atoms with E-state index in [0.29, 0.717) is 0 Å². The summed E-state index contributed by atoms with van der Waals surface area (Å²) in [4.78, 5) is 0. The van der Waals surface area contributed by atoms with Crippen LogP contribution < -0.4 is 0 Å². The van der Waals surface area contributed by atoms with Crippen molar-refractivity contribution in [3.63, 3.8) is 0 Å². The van der Waals surface area contributed by atoms with Crippen molar-refractivity contribution in [2.45, 2.75) is 104 Å². The smallest absolute Gasteiger partial charge is 0.0353 e. The zero-order valence-corrected chi connectivity index (χ0v) is 13.8. The summed E-state index contributed by atoms with van der Waals surface area (Å²) in [5.41, 5.74) is 0. The van der Waals surface area contributed by atoms with Crippen LogP contribution in [0.2, 0.25) is 0 Å². The van der Waals surface area contributed by atoms with Gasteiger partial charge < -0.3 is 0 Å². The molecule has 1 atom stereocenters. The van der Waals surface area contributed by atoms with E-state index < -0.39 is 0 Å². The molecule has 0 aliphatic rings. The summed E-state index contributed by atoms with van der Waals surface area (Å²) in [5, 5.41) is 0. The second-order valence-corrected chi connectivity index (χ2v) is 6.14. The average molecular weight is 267 g/mol. The van der Waals surface area contributed by atoms with Gasteiger partial charge in [0.2, 0.25) is 0 Å². The Hall–Kier alpha value is -0.260. The minimum atomic E-state index is 1.01. The summed E-state index contributed by atoms with van der Waals surface area (Å²) >= 11 is 0. The van der Waals surface area contributed by atoms with Gasteiger partial charge in [0.1, 0.15) is 0 Å². The first-order chi connectivity index (χ1) is 9.35. The molecule has 0 N–H and O–H groups in total. The maximum absolute atomic E-state index is 3.79. The molecule has 0 spiro atoms. The summed E-state index contributed by atoms with van der Waals surface area (Å²) in [7, 11) is 0. The second kappa shape index (κ2) is 15.8. The molecule has 0 aliphatic carbocycles. The maximum Gasteiger partial charge on any atom is -0.0353 e. The molecule has 0 aromatic heterocycles. The summed E-state index contributed by atoms with van der Waals surface area (Å²) in [6.07, 6.45) is 21.9. The molecule has 0 saturated heterocycles. The zero-order chi connectivity index (χ0) is 14.2. The third-order valence-corrected chi connectivity index (χ3v) is 4.18. The topological polar surface area (TPSA) is 0 Å². The van der Waals surface area contributed by atoms with Gasteiger partial charge in [-0.2, -0.15) is 0 Å². The molecule has 0 heterocycles. The van der Waals surface area contributed by atoms with Crippen LogP contribution in [0.5, 0.6) is 0 Å². The molecule has 0 radical (unpaired) electrons. The van der Waals surface area contributed by atoms with Crippen molar-refractivity contribution in [3.8, 4) is 0 Å². The summed E-state index contributed by atoms with van der Waals surface area (Å²) in [6, 6.07) is 0. The predicted molar refractivity (Wildman–Crippen MR) is 89.7 cm³/mol. The van der Waals surface area contributed by atoms with Crippen LogP contribution in [-0.4, -0.2) is 0 Å². The third-order valence-electron chi connectivity index (χ3n) is 4.18. The minimum absolute atomic E-state index is 1.01. The van der Waals surface area contributed by atoms with Gasteiger partial charge in [-0.3, -0.25) is 0 Å². The first-order valence-electron chi connectivity index (χ1n) is 8.96. The molecule has 19 heavy (non-hydrogen) atoms. The van der Waals surface area contributed by atoms with Gasteiger partial charge in [0.25, 0.3) is 0 Å². The van der Waals surface area contributed by atoms with Crippen LogP contribution in [0.4, 0.5) is 0 Å². The molecule has 0 bridgehead atoms. The van der Waals surface area contributed by atoms with Gasteiger partial charge in [0.05, 0.1) is 0 Å². The molecule has 0 amide bonds. The lowest BCUT2D eigenvalue weighted by atomic mass is 9.91. The number of unbranched alkanes of at least 4 members (excludes halogenated alkanes) is 8. The SMILES string of the molecule is C=CCCCCCC(CCC)CCCCCCCC. The first kappa shape index (κ1) is 18.7. The highest BCUT2D eigenvalue weighted by atomic mass is 14.1. The summed E-state index contributed by atoms with van der Waals surface area (Å²) < 4.78 is 0. The number of hydrogen-bond donors (Lipinski definition) is 0. The van der Waals surface area contributed by atoms with Gasteiger partial charge in [-0.05, 0) is 18.8 Å². The van der Waals surface area contributed by atoms with E-state index in [2.05, 4.69) is 26.5 Å². The van der Waals surface area contributed by atoms with Crippen LogP contribution in [0.3, 0.4) is 0 Å². The third kappa shape index (κ3) is 14.0. The fraction of sp³-hybridized carbons (Fsp3) is 0.895. The van der Waals surface area contributed by atoms with Gasteiger partial charge in [0, 0.05) is 0 Å². The quantitative estimate of drug-likeness (QED) is 0.216. The molecule has 1 unspecified atom stereocenters. The maximum atomic E-state index is 3.79. The van der Waals surface area contributed by atoms with E-state index in [1.165, 1.54) is 89.9 Å². The minimum Gasteiger partial charge on any atom is -0.103 e. The van der Waals surface area contributed by atoms with Gasteiger partial charge in [-0.15, -0.1) is 6.58 Å². The van der Waals surface area contributed by atoms with E-state index in [1.807, 2.05) is 0 Å². The van der Waals surface area contributed by atoms with Crippen LogP contribution in [0.15, 0.2) is 12.7 Å². The summed E-state index contributed by atoms with van der Waals surface area (Å²) in [6.45, 7) is 8.43. The standard InChI is InChI=1S/C19H38/c1-4-7-9-11-13-15-18-19(16-6-3)17-14-12-10-8-5-2/h5,19H,2,4,6-18H2,1,3H3. The number of rotatable bonds is 15. The lowest BCUT2D eigenvalue weighted by Gasteiger charge is -2.15. The monoisotopic (exact) mass is 266 g/mol. The highest BCUT2D eigenvalue weighted by Gasteiger charge is 2.07. The Labute approximate surface area is 123 Å². The fourth-order valence-electron chi connectivity index (χ4n) is 2.95. The largest absolute Gasteiger partial charge is 0.103 e. The number of hydrogen-bond acceptors (Lipinski definition) is 0. The molecule has 0 heteroatoms. The molecule has 0 nitrogen and oxygen atoms in total. The highest BCUT2D eigenvalue weighted by molar-refractivity contribution is 4.66. The highest BCUT2D eigenvalue weighted by Crippen LogP contribution is 2.22. The van der Waals surface area contributed by atoms with Crippen molar-refractivity contribution < 1.29 is 0 Å². The van der Waals surface area contributed by atoms with Crippen LogP contribution >= 0.6 is 0 Å². The lowest BCUT2D eigenvalue weighted by molar-refractivity contribution is 0.379. The molecule has 114 valence electrons. The molecule has 0 aromatic rings. The first-order valence-corrected chi connectivity index (χ1v) is 8.96. The van der Waals surface area contributed by atoms with Crippen LogP contribution in [0.1, 0.15) is 104 Å². The van der Waals surface area contributed by atoms with Gasteiger partial charge in [-0.25, -0.2) is 0 Å². The van der Waals surface area contributed by atoms with Crippen molar-refractivity contribution in [1.29, 1.82) is 0 Å². The zero-order valence-electron chi connectivity index (χ0n) is 13.8. The van der Waals surface area contributed by atoms with E-state index in [9.17, 15) is 0 Å². The van der Waals surface area contributed by atoms with Crippen molar-refractivity contribution in [2.24, 2.45) is 5.92 Å². The average Bonchev–Trinajstić information content (AvgIpc) is 2.42. The molecule has 0 fully saturated rings. The molecule has 0 aliphatic heterocycles. The number of allylic oxidation sites excluding steroid dienone is 1. The van der Waals surface area contributed by atoms with Crippen molar-refractivity contribution in [2.75, 3.05) is 0 Å². The Kier molecular flexibility index (Phi) is 15.6. The Bertz CT molecular complexity index is 171. The Morgan fingerprint density at radius 2 is 1.26 bits per heavy atom. The van der Waals surface area contributed by atoms with Gasteiger partial charge >= 0.3 is 0 Å². The predicted octanol–water partition coefficient (Wildman–Crippen LogP) is 7.29. The van der Waals surface area contributed by atoms with Crippen molar-refractivity contribution in [3.05, 3.63) is 12.7 Å².